The zero-order chi connectivity index (χ0) is 14.7. The molecule has 0 amide bonds. The van der Waals surface area contributed by atoms with E-state index in [0.717, 1.165) is 11.6 Å². The fourth-order valence-electron chi connectivity index (χ4n) is 2.01. The maximum Gasteiger partial charge on any atom is 0.336 e. The minimum atomic E-state index is -1.23. The van der Waals surface area contributed by atoms with Gasteiger partial charge in [-0.25, -0.2) is 4.79 Å². The minimum absolute atomic E-state index is 0.0964. The maximum absolute atomic E-state index is 11.2. The topological polar surface area (TPSA) is 77.8 Å². The van der Waals surface area contributed by atoms with Crippen molar-refractivity contribution in [2.24, 2.45) is 0 Å². The Labute approximate surface area is 115 Å². The summed E-state index contributed by atoms with van der Waals surface area (Å²) in [5.41, 5.74) is 0.761. The molecule has 0 atom stereocenters. The van der Waals surface area contributed by atoms with Crippen molar-refractivity contribution in [3.63, 3.8) is 0 Å². The van der Waals surface area contributed by atoms with E-state index in [4.69, 9.17) is 6.42 Å². The molecule has 4 nitrogen and oxygen atoms in total. The van der Waals surface area contributed by atoms with Gasteiger partial charge in [0.15, 0.2) is 0 Å². The summed E-state index contributed by atoms with van der Waals surface area (Å²) in [5.74, 6) is 0.147. The molecule has 2 aromatic rings. The highest BCUT2D eigenvalue weighted by molar-refractivity contribution is 5.92. The highest BCUT2D eigenvalue weighted by Crippen LogP contribution is 2.34. The molecular weight excluding hydrogens is 256 g/mol. The molecule has 0 aliphatic carbocycles. The van der Waals surface area contributed by atoms with E-state index in [1.54, 1.807) is 0 Å². The molecule has 0 aromatic heterocycles. The van der Waals surface area contributed by atoms with Crippen LogP contribution in [0.2, 0.25) is 0 Å². The van der Waals surface area contributed by atoms with Crippen LogP contribution in [0.5, 0.6) is 11.5 Å². The average Bonchev–Trinajstić information content (AvgIpc) is 2.43. The van der Waals surface area contributed by atoms with Crippen LogP contribution in [-0.4, -0.2) is 21.3 Å². The Kier molecular flexibility index (Phi) is 3.62. The molecule has 20 heavy (non-hydrogen) atoms. The zero-order valence-electron chi connectivity index (χ0n) is 10.5. The van der Waals surface area contributed by atoms with Crippen molar-refractivity contribution in [3.05, 3.63) is 58.7 Å². The van der Waals surface area contributed by atoms with Crippen LogP contribution < -0.4 is 0 Å². The normalized spacial score (nSPS) is 9.95. The standard InChI is InChI=1S/C16H12O4/c1-2-11-14(17)9-13(16(19)20)12(15(11)18)8-10-6-4-3-5-7-10/h1,3-7,9,17-18H,8H2,(H,19,20). The first-order valence-electron chi connectivity index (χ1n) is 5.86. The van der Waals surface area contributed by atoms with Gasteiger partial charge in [0, 0.05) is 12.0 Å². The third kappa shape index (κ3) is 2.43. The molecule has 0 heterocycles. The van der Waals surface area contributed by atoms with E-state index < -0.39 is 11.7 Å². The van der Waals surface area contributed by atoms with E-state index in [1.807, 2.05) is 30.3 Å². The van der Waals surface area contributed by atoms with Crippen molar-refractivity contribution in [3.8, 4) is 23.8 Å². The van der Waals surface area contributed by atoms with Gasteiger partial charge in [0.25, 0.3) is 0 Å². The lowest BCUT2D eigenvalue weighted by atomic mass is 9.95. The van der Waals surface area contributed by atoms with Crippen molar-refractivity contribution in [2.75, 3.05) is 0 Å². The fraction of sp³-hybridized carbons (Fsp3) is 0.0625. The van der Waals surface area contributed by atoms with E-state index in [0.29, 0.717) is 0 Å². The van der Waals surface area contributed by atoms with Crippen LogP contribution >= 0.6 is 0 Å². The molecule has 0 spiro atoms. The molecule has 100 valence electrons. The number of carboxylic acid groups (broad SMARTS) is 1. The average molecular weight is 268 g/mol. The minimum Gasteiger partial charge on any atom is -0.506 e. The first-order valence-corrected chi connectivity index (χ1v) is 5.86. The highest BCUT2D eigenvalue weighted by Gasteiger charge is 2.20. The summed E-state index contributed by atoms with van der Waals surface area (Å²) in [6.07, 6.45) is 5.43. The summed E-state index contributed by atoms with van der Waals surface area (Å²) >= 11 is 0. The number of terminal acetylenes is 1. The van der Waals surface area contributed by atoms with Crippen LogP contribution in [0.1, 0.15) is 27.0 Å². The number of carboxylic acids is 1. The third-order valence-corrected chi connectivity index (χ3v) is 2.98. The van der Waals surface area contributed by atoms with Crippen LogP contribution in [-0.2, 0) is 6.42 Å². The number of phenols is 2. The molecule has 0 saturated carbocycles. The molecule has 2 rings (SSSR count). The number of aromatic carboxylic acids is 1. The Morgan fingerprint density at radius 1 is 1.20 bits per heavy atom. The number of phenolic OH excluding ortho intramolecular Hbond substituents is 2. The van der Waals surface area contributed by atoms with Gasteiger partial charge in [-0.3, -0.25) is 0 Å². The Morgan fingerprint density at radius 3 is 2.40 bits per heavy atom. The van der Waals surface area contributed by atoms with Gasteiger partial charge in [-0.15, -0.1) is 6.42 Å². The van der Waals surface area contributed by atoms with Crippen molar-refractivity contribution in [1.82, 2.24) is 0 Å². The molecule has 0 aliphatic rings. The molecular formula is C16H12O4. The molecule has 0 saturated heterocycles. The first-order chi connectivity index (χ1) is 9.54. The van der Waals surface area contributed by atoms with E-state index >= 15 is 0 Å². The van der Waals surface area contributed by atoms with Gasteiger partial charge < -0.3 is 15.3 Å². The lowest BCUT2D eigenvalue weighted by molar-refractivity contribution is 0.0694. The second-order valence-corrected chi connectivity index (χ2v) is 4.26. The summed E-state index contributed by atoms with van der Waals surface area (Å²) in [5, 5.41) is 28.9. The Hall–Kier alpha value is -2.93. The molecule has 0 fully saturated rings. The van der Waals surface area contributed by atoms with Crippen LogP contribution in [0.4, 0.5) is 0 Å². The fourth-order valence-corrected chi connectivity index (χ4v) is 2.01. The van der Waals surface area contributed by atoms with Crippen LogP contribution in [0.3, 0.4) is 0 Å². The quantitative estimate of drug-likeness (QED) is 0.747. The summed E-state index contributed by atoms with van der Waals surface area (Å²) in [4.78, 5) is 11.2. The van der Waals surface area contributed by atoms with Crippen molar-refractivity contribution < 1.29 is 20.1 Å². The van der Waals surface area contributed by atoms with Crippen molar-refractivity contribution >= 4 is 5.97 Å². The maximum atomic E-state index is 11.2. The van der Waals surface area contributed by atoms with Crippen molar-refractivity contribution in [2.45, 2.75) is 6.42 Å². The summed E-state index contributed by atoms with van der Waals surface area (Å²) in [6, 6.07) is 10.2. The van der Waals surface area contributed by atoms with E-state index in [2.05, 4.69) is 5.92 Å². The molecule has 4 heteroatoms. The van der Waals surface area contributed by atoms with Gasteiger partial charge in [0.1, 0.15) is 17.1 Å². The summed E-state index contributed by atoms with van der Waals surface area (Å²) in [7, 11) is 0. The number of rotatable bonds is 3. The van der Waals surface area contributed by atoms with Crippen LogP contribution in [0, 0.1) is 12.3 Å². The van der Waals surface area contributed by atoms with Crippen LogP contribution in [0.15, 0.2) is 36.4 Å². The molecule has 0 unspecified atom stereocenters. The van der Waals surface area contributed by atoms with Gasteiger partial charge in [0.05, 0.1) is 5.56 Å². The number of hydrogen-bond donors (Lipinski definition) is 3. The summed E-state index contributed by atoms with van der Waals surface area (Å²) < 4.78 is 0. The predicted octanol–water partition coefficient (Wildman–Crippen LogP) is 2.37. The van der Waals surface area contributed by atoms with Gasteiger partial charge >= 0.3 is 5.97 Å². The molecule has 2 aromatic carbocycles. The Balaban J connectivity index is 2.61. The highest BCUT2D eigenvalue weighted by atomic mass is 16.4. The second kappa shape index (κ2) is 5.37. The van der Waals surface area contributed by atoms with E-state index in [-0.39, 0.29) is 28.9 Å². The number of carbonyl (C=O) groups is 1. The smallest absolute Gasteiger partial charge is 0.336 e. The van der Waals surface area contributed by atoms with Gasteiger partial charge in [-0.2, -0.15) is 0 Å². The first kappa shape index (κ1) is 13.5. The van der Waals surface area contributed by atoms with Gasteiger partial charge in [0.2, 0.25) is 0 Å². The van der Waals surface area contributed by atoms with E-state index in [1.165, 1.54) is 0 Å². The molecule has 3 N–H and O–H groups in total. The summed E-state index contributed by atoms with van der Waals surface area (Å²) in [6.45, 7) is 0. The SMILES string of the molecule is C#Cc1c(O)cc(C(=O)O)c(Cc2ccccc2)c1O. The van der Waals surface area contributed by atoms with E-state index in [9.17, 15) is 20.1 Å². The lowest BCUT2D eigenvalue weighted by Gasteiger charge is -2.12. The predicted molar refractivity (Wildman–Crippen MR) is 73.9 cm³/mol. The monoisotopic (exact) mass is 268 g/mol. The van der Waals surface area contributed by atoms with Crippen molar-refractivity contribution in [1.29, 1.82) is 0 Å². The lowest BCUT2D eigenvalue weighted by Crippen LogP contribution is -2.05. The third-order valence-electron chi connectivity index (χ3n) is 2.98. The Bertz CT molecular complexity index is 697. The van der Waals surface area contributed by atoms with Crippen LogP contribution in [0.25, 0.3) is 0 Å². The van der Waals surface area contributed by atoms with Gasteiger partial charge in [-0.1, -0.05) is 36.3 Å². The molecule has 0 bridgehead atoms. The zero-order valence-corrected chi connectivity index (χ0v) is 10.5. The Morgan fingerprint density at radius 2 is 1.85 bits per heavy atom. The second-order valence-electron chi connectivity index (χ2n) is 4.26. The largest absolute Gasteiger partial charge is 0.506 e. The number of aromatic hydroxyl groups is 2. The number of hydrogen-bond acceptors (Lipinski definition) is 3. The van der Waals surface area contributed by atoms with Gasteiger partial charge in [-0.05, 0) is 11.6 Å². The molecule has 0 radical (unpaired) electrons. The molecule has 0 aliphatic heterocycles. The number of benzene rings is 2.